The number of nitrogens with two attached hydrogens (primary N) is 1. The topological polar surface area (TPSA) is 141 Å². The maximum Gasteiger partial charge on any atom is 0.243 e. The molecule has 10 nitrogen and oxygen atoms in total. The van der Waals surface area contributed by atoms with E-state index in [-0.39, 0.29) is 17.4 Å². The van der Waals surface area contributed by atoms with Crippen molar-refractivity contribution in [2.45, 2.75) is 13.8 Å². The quantitative estimate of drug-likeness (QED) is 0.275. The van der Waals surface area contributed by atoms with Crippen LogP contribution in [0.25, 0.3) is 5.82 Å². The number of aromatic hydroxyl groups is 1. The molecule has 0 amide bonds. The lowest BCUT2D eigenvalue weighted by Crippen LogP contribution is -2.04. The molecule has 3 rings (SSSR count). The van der Waals surface area contributed by atoms with Gasteiger partial charge in [-0.05, 0) is 81.5 Å². The number of hydrogen-bond acceptors (Lipinski definition) is 9. The van der Waals surface area contributed by atoms with Crippen LogP contribution < -0.4 is 5.73 Å². The fourth-order valence-corrected chi connectivity index (χ4v) is 4.00. The number of nitrogen functional groups attached to an aromatic ring is 1. The largest absolute Gasteiger partial charge is 0.506 e. The third kappa shape index (κ3) is 3.69. The van der Waals surface area contributed by atoms with Gasteiger partial charge in [0, 0.05) is 9.13 Å². The lowest BCUT2D eigenvalue weighted by molar-refractivity contribution is 0.306. The fourth-order valence-electron chi connectivity index (χ4n) is 2.11. The van der Waals surface area contributed by atoms with Crippen molar-refractivity contribution in [1.29, 1.82) is 0 Å². The van der Waals surface area contributed by atoms with Gasteiger partial charge in [-0.25, -0.2) is 4.63 Å². The number of hydrogen-bond donors (Lipinski definition) is 2. The predicted octanol–water partition coefficient (Wildman–Crippen LogP) is 2.30. The monoisotopic (exact) mass is 578 g/mol. The Kier molecular flexibility index (Phi) is 5.49. The molecule has 0 fully saturated rings. The zero-order chi connectivity index (χ0) is 18.8. The lowest BCUT2D eigenvalue weighted by atomic mass is 10.2. The van der Waals surface area contributed by atoms with E-state index in [2.05, 4.69) is 80.6 Å². The van der Waals surface area contributed by atoms with Gasteiger partial charge < -0.3 is 10.8 Å². The average Bonchev–Trinajstić information content (AvgIpc) is 3.17. The molecule has 0 atom stereocenters. The van der Waals surface area contributed by atoms with Crippen molar-refractivity contribution >= 4 is 62.9 Å². The highest BCUT2D eigenvalue weighted by atomic mass is 127. The number of halogens is 2. The summed E-state index contributed by atoms with van der Waals surface area (Å²) in [6.45, 7) is 3.54. The molecule has 0 unspecified atom stereocenters. The van der Waals surface area contributed by atoms with E-state index in [4.69, 9.17) is 5.73 Å². The molecular weight excluding hydrogens is 566 g/mol. The standard InChI is InChI=1S/C14H12I2N8O2/c1-6(19-18-5-8-3-9(15)4-10(16)12(8)25)11-7(2)24(23-20-11)14-13(17)21-26-22-14/h3-5,25H,1-2H3,(H2,17,21). The number of aromatic nitrogens is 5. The van der Waals surface area contributed by atoms with Gasteiger partial charge in [0.05, 0.1) is 21.2 Å². The minimum atomic E-state index is 0.112. The van der Waals surface area contributed by atoms with Gasteiger partial charge in [0.2, 0.25) is 11.6 Å². The first-order valence-corrected chi connectivity index (χ1v) is 9.31. The molecule has 0 aliphatic carbocycles. The fraction of sp³-hybridized carbons (Fsp3) is 0.143. The van der Waals surface area contributed by atoms with E-state index in [0.29, 0.717) is 22.7 Å². The molecular formula is C14H12I2N8O2. The highest BCUT2D eigenvalue weighted by molar-refractivity contribution is 14.1. The van der Waals surface area contributed by atoms with Gasteiger partial charge >= 0.3 is 0 Å². The molecule has 0 aliphatic heterocycles. The number of nitrogens with zero attached hydrogens (tertiary/aromatic N) is 7. The van der Waals surface area contributed by atoms with Crippen LogP contribution in [0.4, 0.5) is 5.82 Å². The summed E-state index contributed by atoms with van der Waals surface area (Å²) in [5.74, 6) is 0.538. The average molecular weight is 578 g/mol. The Morgan fingerprint density at radius 1 is 1.35 bits per heavy atom. The van der Waals surface area contributed by atoms with E-state index >= 15 is 0 Å². The lowest BCUT2D eigenvalue weighted by Gasteiger charge is -2.02. The zero-order valence-electron chi connectivity index (χ0n) is 13.6. The third-order valence-electron chi connectivity index (χ3n) is 3.40. The Morgan fingerprint density at radius 2 is 2.12 bits per heavy atom. The van der Waals surface area contributed by atoms with Crippen molar-refractivity contribution in [3.05, 3.63) is 36.2 Å². The second-order valence-corrected chi connectivity index (χ2v) is 7.57. The van der Waals surface area contributed by atoms with Gasteiger partial charge in [-0.1, -0.05) is 5.21 Å². The minimum Gasteiger partial charge on any atom is -0.506 e. The molecule has 26 heavy (non-hydrogen) atoms. The first-order chi connectivity index (χ1) is 12.4. The first-order valence-electron chi connectivity index (χ1n) is 7.15. The molecule has 3 aromatic rings. The molecule has 1 aromatic carbocycles. The Bertz CT molecular complexity index is 1020. The molecule has 0 saturated carbocycles. The second-order valence-electron chi connectivity index (χ2n) is 5.16. The van der Waals surface area contributed by atoms with Crippen LogP contribution in [-0.4, -0.2) is 42.3 Å². The minimum absolute atomic E-state index is 0.112. The first kappa shape index (κ1) is 18.7. The highest BCUT2D eigenvalue weighted by Gasteiger charge is 2.17. The van der Waals surface area contributed by atoms with Crippen LogP contribution in [0.1, 0.15) is 23.9 Å². The number of anilines is 1. The predicted molar refractivity (Wildman–Crippen MR) is 112 cm³/mol. The Balaban J connectivity index is 1.87. The van der Waals surface area contributed by atoms with Gasteiger partial charge in [-0.2, -0.15) is 14.9 Å². The molecule has 0 saturated heterocycles. The van der Waals surface area contributed by atoms with E-state index in [1.165, 1.54) is 10.9 Å². The summed E-state index contributed by atoms with van der Waals surface area (Å²) in [6, 6.07) is 3.68. The number of phenols is 1. The van der Waals surface area contributed by atoms with Crippen LogP contribution in [0.5, 0.6) is 5.75 Å². The summed E-state index contributed by atoms with van der Waals surface area (Å²) in [6.07, 6.45) is 1.49. The molecule has 134 valence electrons. The summed E-state index contributed by atoms with van der Waals surface area (Å²) in [7, 11) is 0. The van der Waals surface area contributed by atoms with Gasteiger partial charge in [0.1, 0.15) is 11.4 Å². The highest BCUT2D eigenvalue weighted by Crippen LogP contribution is 2.25. The Hall–Kier alpha value is -2.10. The van der Waals surface area contributed by atoms with Gasteiger partial charge in [-0.3, -0.25) is 0 Å². The number of benzene rings is 1. The van der Waals surface area contributed by atoms with Crippen LogP contribution >= 0.6 is 45.2 Å². The van der Waals surface area contributed by atoms with Crippen LogP contribution in [0.2, 0.25) is 0 Å². The van der Waals surface area contributed by atoms with E-state index in [9.17, 15) is 5.11 Å². The van der Waals surface area contributed by atoms with Crippen LogP contribution in [-0.2, 0) is 0 Å². The van der Waals surface area contributed by atoms with Crippen LogP contribution in [0, 0.1) is 14.1 Å². The number of phenolic OH excluding ortho intramolecular Hbond substituents is 1. The van der Waals surface area contributed by atoms with Crippen molar-refractivity contribution in [3.8, 4) is 11.6 Å². The summed E-state index contributed by atoms with van der Waals surface area (Å²) in [5.41, 5.74) is 8.00. The van der Waals surface area contributed by atoms with Crippen molar-refractivity contribution in [1.82, 2.24) is 25.3 Å². The molecule has 2 aromatic heterocycles. The molecule has 2 heterocycles. The SMILES string of the molecule is CC(=NN=Cc1cc(I)cc(I)c1O)c1nnn(-c2nonc2N)c1C. The molecule has 3 N–H and O–H groups in total. The van der Waals surface area contributed by atoms with E-state index < -0.39 is 0 Å². The van der Waals surface area contributed by atoms with Crippen molar-refractivity contribution in [2.75, 3.05) is 5.73 Å². The molecule has 12 heteroatoms. The van der Waals surface area contributed by atoms with E-state index in [1.807, 2.05) is 12.1 Å². The van der Waals surface area contributed by atoms with Gasteiger partial charge in [0.25, 0.3) is 0 Å². The molecule has 0 radical (unpaired) electrons. The summed E-state index contributed by atoms with van der Waals surface area (Å²) >= 11 is 4.24. The molecule has 0 spiro atoms. The van der Waals surface area contributed by atoms with Crippen LogP contribution in [0.15, 0.2) is 27.0 Å². The van der Waals surface area contributed by atoms with Gasteiger partial charge in [-0.15, -0.1) is 5.10 Å². The van der Waals surface area contributed by atoms with E-state index in [0.717, 1.165) is 7.14 Å². The summed E-state index contributed by atoms with van der Waals surface area (Å²) in [4.78, 5) is 0. The number of rotatable bonds is 4. The maximum absolute atomic E-state index is 10.1. The summed E-state index contributed by atoms with van der Waals surface area (Å²) in [5, 5.41) is 33.5. The third-order valence-corrected chi connectivity index (χ3v) is 4.84. The maximum atomic E-state index is 10.1. The normalized spacial score (nSPS) is 12.2. The van der Waals surface area contributed by atoms with Crippen molar-refractivity contribution < 1.29 is 9.74 Å². The summed E-state index contributed by atoms with van der Waals surface area (Å²) < 4.78 is 7.73. The van der Waals surface area contributed by atoms with E-state index in [1.54, 1.807) is 13.8 Å². The second kappa shape index (κ2) is 7.65. The molecule has 0 bridgehead atoms. The molecule has 0 aliphatic rings. The van der Waals surface area contributed by atoms with Crippen molar-refractivity contribution in [2.24, 2.45) is 10.2 Å². The smallest absolute Gasteiger partial charge is 0.243 e. The Labute approximate surface area is 174 Å². The van der Waals surface area contributed by atoms with Gasteiger partial charge in [0.15, 0.2) is 0 Å². The van der Waals surface area contributed by atoms with Crippen molar-refractivity contribution in [3.63, 3.8) is 0 Å². The Morgan fingerprint density at radius 3 is 2.81 bits per heavy atom. The van der Waals surface area contributed by atoms with Crippen LogP contribution in [0.3, 0.4) is 0 Å². The zero-order valence-corrected chi connectivity index (χ0v) is 17.9.